The number of fused-ring (bicyclic) bond motifs is 1. The second-order valence-electron chi connectivity index (χ2n) is 7.50. The van der Waals surface area contributed by atoms with Crippen LogP contribution in [0, 0.1) is 6.92 Å². The third-order valence-corrected chi connectivity index (χ3v) is 5.50. The molecule has 0 saturated carbocycles. The highest BCUT2D eigenvalue weighted by Gasteiger charge is 2.46. The molecule has 11 heteroatoms. The molecule has 0 bridgehead atoms. The molecule has 31 heavy (non-hydrogen) atoms. The highest BCUT2D eigenvalue weighted by molar-refractivity contribution is 6.30. The first-order valence-electron chi connectivity index (χ1n) is 9.57. The lowest BCUT2D eigenvalue weighted by atomic mass is 9.97. The first-order chi connectivity index (χ1) is 14.6. The molecule has 2 unspecified atom stereocenters. The normalized spacial score (nSPS) is 18.4. The molecule has 2 aromatic heterocycles. The molecule has 1 aliphatic rings. The molecular formula is C20H20ClF3N6O. The van der Waals surface area contributed by atoms with E-state index in [4.69, 9.17) is 11.6 Å². The van der Waals surface area contributed by atoms with Crippen molar-refractivity contribution in [2.45, 2.75) is 38.1 Å². The Morgan fingerprint density at radius 1 is 1.29 bits per heavy atom. The fourth-order valence-electron chi connectivity index (χ4n) is 3.69. The molecule has 0 aliphatic carbocycles. The maximum absolute atomic E-state index is 13.8. The molecule has 0 radical (unpaired) electrons. The summed E-state index contributed by atoms with van der Waals surface area (Å²) in [5, 5.41) is 14.4. The van der Waals surface area contributed by atoms with E-state index in [0.29, 0.717) is 10.6 Å². The molecule has 3 heterocycles. The topological polar surface area (TPSA) is 76.8 Å². The lowest BCUT2D eigenvalue weighted by Gasteiger charge is -2.33. The van der Waals surface area contributed by atoms with Crippen LogP contribution in [0.15, 0.2) is 36.5 Å². The zero-order valence-corrected chi connectivity index (χ0v) is 17.5. The maximum Gasteiger partial charge on any atom is 0.410 e. The predicted molar refractivity (Wildman–Crippen MR) is 109 cm³/mol. The third kappa shape index (κ3) is 4.39. The molecular weight excluding hydrogens is 433 g/mol. The molecule has 7 nitrogen and oxygen atoms in total. The number of anilines is 1. The van der Waals surface area contributed by atoms with Crippen molar-refractivity contribution in [3.05, 3.63) is 64.1 Å². The number of halogens is 4. The van der Waals surface area contributed by atoms with Crippen molar-refractivity contribution in [2.24, 2.45) is 7.05 Å². The quantitative estimate of drug-likeness (QED) is 0.623. The van der Waals surface area contributed by atoms with Crippen molar-refractivity contribution >= 4 is 23.3 Å². The van der Waals surface area contributed by atoms with E-state index in [1.165, 1.54) is 6.07 Å². The zero-order valence-electron chi connectivity index (χ0n) is 16.7. The van der Waals surface area contributed by atoms with Gasteiger partial charge in [-0.25, -0.2) is 4.68 Å². The van der Waals surface area contributed by atoms with Gasteiger partial charge in [0.05, 0.1) is 11.7 Å². The van der Waals surface area contributed by atoms with E-state index >= 15 is 0 Å². The van der Waals surface area contributed by atoms with Gasteiger partial charge in [-0.2, -0.15) is 23.4 Å². The van der Waals surface area contributed by atoms with Gasteiger partial charge in [-0.1, -0.05) is 23.7 Å². The highest BCUT2D eigenvalue weighted by Crippen LogP contribution is 2.43. The fraction of sp³-hybridized carbons (Fsp3) is 0.350. The minimum absolute atomic E-state index is 0.0879. The molecule has 4 rings (SSSR count). The van der Waals surface area contributed by atoms with Crippen molar-refractivity contribution in [1.82, 2.24) is 24.9 Å². The molecule has 1 aromatic carbocycles. The summed E-state index contributed by atoms with van der Waals surface area (Å²) in [6.07, 6.45) is -3.00. The van der Waals surface area contributed by atoms with Crippen LogP contribution in [0.1, 0.15) is 45.8 Å². The lowest BCUT2D eigenvalue weighted by molar-refractivity contribution is -0.173. The van der Waals surface area contributed by atoms with Crippen LogP contribution in [0.4, 0.5) is 19.0 Å². The Morgan fingerprint density at radius 3 is 2.61 bits per heavy atom. The summed E-state index contributed by atoms with van der Waals surface area (Å²) >= 11 is 5.89. The molecule has 164 valence electrons. The van der Waals surface area contributed by atoms with E-state index in [2.05, 4.69) is 20.8 Å². The van der Waals surface area contributed by atoms with Gasteiger partial charge < -0.3 is 10.6 Å². The van der Waals surface area contributed by atoms with Crippen LogP contribution in [0.25, 0.3) is 0 Å². The molecule has 1 amide bonds. The number of benzene rings is 1. The number of aryl methyl sites for hydroxylation is 2. The van der Waals surface area contributed by atoms with Crippen LogP contribution < -0.4 is 10.6 Å². The van der Waals surface area contributed by atoms with Crippen LogP contribution >= 0.6 is 11.6 Å². The van der Waals surface area contributed by atoms with Crippen LogP contribution in [0.3, 0.4) is 0 Å². The van der Waals surface area contributed by atoms with Crippen LogP contribution in [-0.2, 0) is 13.6 Å². The molecule has 2 N–H and O–H groups in total. The van der Waals surface area contributed by atoms with Gasteiger partial charge in [-0.05, 0) is 24.6 Å². The predicted octanol–water partition coefficient (Wildman–Crippen LogP) is 4.17. The molecule has 3 aromatic rings. The summed E-state index contributed by atoms with van der Waals surface area (Å²) in [5.74, 6) is -0.424. The van der Waals surface area contributed by atoms with E-state index in [9.17, 15) is 18.0 Å². The van der Waals surface area contributed by atoms with Crippen molar-refractivity contribution in [1.29, 1.82) is 0 Å². The van der Waals surface area contributed by atoms with Crippen LogP contribution in [-0.4, -0.2) is 31.6 Å². The van der Waals surface area contributed by atoms with Crippen molar-refractivity contribution in [3.8, 4) is 0 Å². The van der Waals surface area contributed by atoms with E-state index < -0.39 is 24.2 Å². The lowest BCUT2D eigenvalue weighted by Crippen LogP contribution is -2.35. The van der Waals surface area contributed by atoms with Gasteiger partial charge in [0.2, 0.25) is 0 Å². The Kier molecular flexibility index (Phi) is 5.42. The number of rotatable bonds is 4. The summed E-state index contributed by atoms with van der Waals surface area (Å²) < 4.78 is 43.8. The van der Waals surface area contributed by atoms with Gasteiger partial charge in [0.25, 0.3) is 5.91 Å². The minimum Gasteiger partial charge on any atom is -0.363 e. The van der Waals surface area contributed by atoms with E-state index in [1.54, 1.807) is 42.2 Å². The maximum atomic E-state index is 13.8. The number of amides is 1. The van der Waals surface area contributed by atoms with Gasteiger partial charge in [0.1, 0.15) is 5.82 Å². The Balaban J connectivity index is 1.58. The number of nitrogens with zero attached hydrogens (tertiary/aromatic N) is 4. The highest BCUT2D eigenvalue weighted by atomic mass is 35.5. The fourth-order valence-corrected chi connectivity index (χ4v) is 3.81. The molecule has 0 fully saturated rings. The zero-order chi connectivity index (χ0) is 22.3. The first kappa shape index (κ1) is 21.2. The van der Waals surface area contributed by atoms with E-state index in [1.807, 2.05) is 6.92 Å². The second kappa shape index (κ2) is 7.92. The third-order valence-electron chi connectivity index (χ3n) is 5.25. The molecule has 0 spiro atoms. The summed E-state index contributed by atoms with van der Waals surface area (Å²) in [4.78, 5) is 12.6. The largest absolute Gasteiger partial charge is 0.410 e. The number of aromatic nitrogens is 4. The standard InChI is InChI=1S/C20H20ClF3N6O/c1-11-13(10-29(2)27-11)9-25-19(31)16-8-18-26-15(12-3-5-14(21)6-4-12)7-17(20(22,23)24)30(18)28-16/h3-6,8,10,15,17,26H,7,9H2,1-2H3,(H,25,31). The minimum atomic E-state index is -4.52. The van der Waals surface area contributed by atoms with Crippen LogP contribution in [0.5, 0.6) is 0 Å². The average molecular weight is 453 g/mol. The molecule has 0 saturated heterocycles. The Bertz CT molecular complexity index is 1110. The first-order valence-corrected chi connectivity index (χ1v) is 9.95. The van der Waals surface area contributed by atoms with Gasteiger partial charge in [-0.3, -0.25) is 9.48 Å². The number of hydrogen-bond acceptors (Lipinski definition) is 4. The summed E-state index contributed by atoms with van der Waals surface area (Å²) in [6, 6.07) is 5.52. The van der Waals surface area contributed by atoms with Crippen molar-refractivity contribution < 1.29 is 18.0 Å². The number of carbonyl (C=O) groups excluding carboxylic acids is 1. The Hall–Kier alpha value is -3.01. The second-order valence-corrected chi connectivity index (χ2v) is 7.93. The summed E-state index contributed by atoms with van der Waals surface area (Å²) in [5.41, 5.74) is 2.16. The monoisotopic (exact) mass is 452 g/mol. The van der Waals surface area contributed by atoms with Crippen LogP contribution in [0.2, 0.25) is 5.02 Å². The number of hydrogen-bond donors (Lipinski definition) is 2. The number of nitrogens with one attached hydrogen (secondary N) is 2. The van der Waals surface area contributed by atoms with E-state index in [0.717, 1.165) is 15.9 Å². The SMILES string of the molecule is Cc1nn(C)cc1CNC(=O)c1cc2n(n1)C(C(F)(F)F)CC(c1ccc(Cl)cc1)N2. The molecule has 2 atom stereocenters. The van der Waals surface area contributed by atoms with Gasteiger partial charge in [0.15, 0.2) is 11.7 Å². The number of alkyl halides is 3. The summed E-state index contributed by atoms with van der Waals surface area (Å²) in [7, 11) is 1.77. The summed E-state index contributed by atoms with van der Waals surface area (Å²) in [6.45, 7) is 2.01. The smallest absolute Gasteiger partial charge is 0.363 e. The van der Waals surface area contributed by atoms with Crippen molar-refractivity contribution in [2.75, 3.05) is 5.32 Å². The van der Waals surface area contributed by atoms with Gasteiger partial charge >= 0.3 is 6.18 Å². The van der Waals surface area contributed by atoms with Gasteiger partial charge in [-0.15, -0.1) is 0 Å². The van der Waals surface area contributed by atoms with Crippen molar-refractivity contribution in [3.63, 3.8) is 0 Å². The number of carbonyl (C=O) groups is 1. The molecule has 1 aliphatic heterocycles. The average Bonchev–Trinajstić information content (AvgIpc) is 3.27. The van der Waals surface area contributed by atoms with Gasteiger partial charge in [0, 0.05) is 42.9 Å². The Labute approximate surface area is 181 Å². The van der Waals surface area contributed by atoms with E-state index in [-0.39, 0.29) is 24.5 Å². The Morgan fingerprint density at radius 2 is 2.00 bits per heavy atom.